The summed E-state index contributed by atoms with van der Waals surface area (Å²) in [6.45, 7) is -0.276. The highest BCUT2D eigenvalue weighted by Gasteiger charge is 2.07. The Balaban J connectivity index is 1.74. The summed E-state index contributed by atoms with van der Waals surface area (Å²) in [5.41, 5.74) is 0.462. The second kappa shape index (κ2) is 7.78. The van der Waals surface area contributed by atoms with E-state index in [1.807, 2.05) is 0 Å². The zero-order valence-corrected chi connectivity index (χ0v) is 12.4. The normalized spacial score (nSPS) is 10.1. The summed E-state index contributed by atoms with van der Waals surface area (Å²) in [7, 11) is 1.57. The number of nitrogens with zero attached hydrogens (tertiary/aromatic N) is 3. The molecular weight excluding hydrogens is 304 g/mol. The van der Waals surface area contributed by atoms with E-state index in [1.54, 1.807) is 31.4 Å². The first-order valence-corrected chi connectivity index (χ1v) is 6.71. The summed E-state index contributed by atoms with van der Waals surface area (Å²) in [5.74, 6) is -0.0911. The summed E-state index contributed by atoms with van der Waals surface area (Å²) < 4.78 is 11.5. The maximum Gasteiger partial charge on any atom is 0.325 e. The number of aliphatic carboxylic acids is 1. The predicted molar refractivity (Wildman–Crippen MR) is 78.0 cm³/mol. The summed E-state index contributed by atoms with van der Waals surface area (Å²) in [4.78, 5) is 22.2. The van der Waals surface area contributed by atoms with E-state index in [-0.39, 0.29) is 25.6 Å². The van der Waals surface area contributed by atoms with Gasteiger partial charge < -0.3 is 19.9 Å². The second-order valence-electron chi connectivity index (χ2n) is 4.54. The van der Waals surface area contributed by atoms with Crippen LogP contribution in [0, 0.1) is 0 Å². The minimum Gasteiger partial charge on any atom is -0.497 e. The van der Waals surface area contributed by atoms with Gasteiger partial charge in [0.15, 0.2) is 6.61 Å². The minimum atomic E-state index is -1.02. The van der Waals surface area contributed by atoms with E-state index in [1.165, 1.54) is 10.9 Å². The van der Waals surface area contributed by atoms with Gasteiger partial charge in [0, 0.05) is 0 Å². The SMILES string of the molecule is COc1ccc(OCC(=O)NCc2cn(CC(=O)O)nn2)cc1. The molecule has 1 aromatic carbocycles. The largest absolute Gasteiger partial charge is 0.497 e. The van der Waals surface area contributed by atoms with E-state index in [9.17, 15) is 9.59 Å². The van der Waals surface area contributed by atoms with Gasteiger partial charge in [-0.2, -0.15) is 0 Å². The van der Waals surface area contributed by atoms with Crippen molar-refractivity contribution in [1.29, 1.82) is 0 Å². The number of carbonyl (C=O) groups excluding carboxylic acids is 1. The van der Waals surface area contributed by atoms with Crippen molar-refractivity contribution in [3.8, 4) is 11.5 Å². The van der Waals surface area contributed by atoms with Crippen LogP contribution in [0.25, 0.3) is 0 Å². The third-order valence-electron chi connectivity index (χ3n) is 2.78. The van der Waals surface area contributed by atoms with Crippen LogP contribution in [0.5, 0.6) is 11.5 Å². The number of rotatable bonds is 8. The monoisotopic (exact) mass is 320 g/mol. The predicted octanol–water partition coefficient (Wildman–Crippen LogP) is 0.0665. The summed E-state index contributed by atoms with van der Waals surface area (Å²) in [5, 5.41) is 18.6. The van der Waals surface area contributed by atoms with E-state index in [4.69, 9.17) is 14.6 Å². The van der Waals surface area contributed by atoms with Crippen molar-refractivity contribution in [3.63, 3.8) is 0 Å². The van der Waals surface area contributed by atoms with Gasteiger partial charge in [0.05, 0.1) is 19.9 Å². The Bertz CT molecular complexity index is 668. The zero-order chi connectivity index (χ0) is 16.7. The van der Waals surface area contributed by atoms with Crippen molar-refractivity contribution < 1.29 is 24.2 Å². The van der Waals surface area contributed by atoms with Gasteiger partial charge in [-0.25, -0.2) is 4.68 Å². The number of benzene rings is 1. The van der Waals surface area contributed by atoms with Crippen molar-refractivity contribution in [2.45, 2.75) is 13.1 Å². The second-order valence-corrected chi connectivity index (χ2v) is 4.54. The highest BCUT2D eigenvalue weighted by Crippen LogP contribution is 2.16. The fourth-order valence-corrected chi connectivity index (χ4v) is 1.70. The Morgan fingerprint density at radius 3 is 2.61 bits per heavy atom. The van der Waals surface area contributed by atoms with Crippen molar-refractivity contribution in [2.24, 2.45) is 0 Å². The standard InChI is InChI=1S/C14H16N4O5/c1-22-11-2-4-12(5-3-11)23-9-13(19)15-6-10-7-18(17-16-10)8-14(20)21/h2-5,7H,6,8-9H2,1H3,(H,15,19)(H,20,21). The Kier molecular flexibility index (Phi) is 5.50. The number of nitrogens with one attached hydrogen (secondary N) is 1. The maximum absolute atomic E-state index is 11.7. The molecule has 2 rings (SSSR count). The van der Waals surface area contributed by atoms with Gasteiger partial charge in [-0.1, -0.05) is 5.21 Å². The smallest absolute Gasteiger partial charge is 0.325 e. The topological polar surface area (TPSA) is 116 Å². The van der Waals surface area contributed by atoms with Gasteiger partial charge in [-0.15, -0.1) is 5.10 Å². The number of carbonyl (C=O) groups is 2. The third-order valence-corrected chi connectivity index (χ3v) is 2.78. The number of aromatic nitrogens is 3. The van der Waals surface area contributed by atoms with Gasteiger partial charge in [-0.3, -0.25) is 9.59 Å². The Hall–Kier alpha value is -3.10. The lowest BCUT2D eigenvalue weighted by Crippen LogP contribution is -2.28. The number of ether oxygens (including phenoxy) is 2. The van der Waals surface area contributed by atoms with Crippen LogP contribution < -0.4 is 14.8 Å². The molecule has 0 spiro atoms. The molecule has 0 saturated heterocycles. The van der Waals surface area contributed by atoms with Crippen LogP contribution in [0.2, 0.25) is 0 Å². The van der Waals surface area contributed by atoms with Crippen molar-refractivity contribution >= 4 is 11.9 Å². The molecule has 122 valence electrons. The molecule has 23 heavy (non-hydrogen) atoms. The quantitative estimate of drug-likeness (QED) is 0.707. The Morgan fingerprint density at radius 2 is 1.96 bits per heavy atom. The average molecular weight is 320 g/mol. The lowest BCUT2D eigenvalue weighted by atomic mass is 10.3. The number of amides is 1. The van der Waals surface area contributed by atoms with Gasteiger partial charge in [-0.05, 0) is 24.3 Å². The number of hydrogen-bond donors (Lipinski definition) is 2. The van der Waals surface area contributed by atoms with E-state index < -0.39 is 5.97 Å². The fourth-order valence-electron chi connectivity index (χ4n) is 1.70. The summed E-state index contributed by atoms with van der Waals surface area (Å²) in [6.07, 6.45) is 1.46. The van der Waals surface area contributed by atoms with E-state index >= 15 is 0 Å². The first-order valence-electron chi connectivity index (χ1n) is 6.71. The first-order chi connectivity index (χ1) is 11.1. The molecule has 0 bridgehead atoms. The third kappa shape index (κ3) is 5.30. The average Bonchev–Trinajstić information content (AvgIpc) is 2.98. The molecule has 0 aliphatic carbocycles. The van der Waals surface area contributed by atoms with Crippen LogP contribution >= 0.6 is 0 Å². The van der Waals surface area contributed by atoms with Gasteiger partial charge in [0.1, 0.15) is 23.7 Å². The number of hydrogen-bond acceptors (Lipinski definition) is 6. The number of carboxylic acids is 1. The molecule has 0 saturated carbocycles. The Morgan fingerprint density at radius 1 is 1.26 bits per heavy atom. The van der Waals surface area contributed by atoms with E-state index in [0.717, 1.165) is 0 Å². The highest BCUT2D eigenvalue weighted by molar-refractivity contribution is 5.77. The van der Waals surface area contributed by atoms with Crippen LogP contribution in [0.4, 0.5) is 0 Å². The van der Waals surface area contributed by atoms with Crippen LogP contribution in [0.15, 0.2) is 30.5 Å². The van der Waals surface area contributed by atoms with E-state index in [0.29, 0.717) is 17.2 Å². The zero-order valence-electron chi connectivity index (χ0n) is 12.4. The molecular formula is C14H16N4O5. The summed E-state index contributed by atoms with van der Waals surface area (Å²) >= 11 is 0. The van der Waals surface area contributed by atoms with Crippen LogP contribution in [0.1, 0.15) is 5.69 Å². The van der Waals surface area contributed by atoms with Crippen molar-refractivity contribution in [1.82, 2.24) is 20.3 Å². The molecule has 2 aromatic rings. The molecule has 0 aliphatic rings. The number of methoxy groups -OCH3 is 1. The molecule has 9 nitrogen and oxygen atoms in total. The minimum absolute atomic E-state index is 0.143. The lowest BCUT2D eigenvalue weighted by Gasteiger charge is -2.07. The van der Waals surface area contributed by atoms with E-state index in [2.05, 4.69) is 15.6 Å². The molecule has 1 aromatic heterocycles. The van der Waals surface area contributed by atoms with Crippen molar-refractivity contribution in [2.75, 3.05) is 13.7 Å². The molecule has 0 radical (unpaired) electrons. The molecule has 2 N–H and O–H groups in total. The Labute approximate surface area is 131 Å². The van der Waals surface area contributed by atoms with Crippen molar-refractivity contribution in [3.05, 3.63) is 36.2 Å². The summed E-state index contributed by atoms with van der Waals surface area (Å²) in [6, 6.07) is 6.86. The van der Waals surface area contributed by atoms with Gasteiger partial charge >= 0.3 is 5.97 Å². The molecule has 0 aliphatic heterocycles. The lowest BCUT2D eigenvalue weighted by molar-refractivity contribution is -0.138. The maximum atomic E-state index is 11.7. The molecule has 9 heteroatoms. The highest BCUT2D eigenvalue weighted by atomic mass is 16.5. The van der Waals surface area contributed by atoms with Crippen LogP contribution in [-0.4, -0.2) is 45.7 Å². The molecule has 1 heterocycles. The molecule has 0 fully saturated rings. The molecule has 1 amide bonds. The fraction of sp³-hybridized carbons (Fsp3) is 0.286. The van der Waals surface area contributed by atoms with Crippen LogP contribution in [0.3, 0.4) is 0 Å². The number of carboxylic acid groups (broad SMARTS) is 1. The van der Waals surface area contributed by atoms with Gasteiger partial charge in [0.2, 0.25) is 0 Å². The molecule has 0 atom stereocenters. The molecule has 0 unspecified atom stereocenters. The van der Waals surface area contributed by atoms with Crippen LogP contribution in [-0.2, 0) is 22.7 Å². The van der Waals surface area contributed by atoms with Gasteiger partial charge in [0.25, 0.3) is 5.91 Å². The first kappa shape index (κ1) is 16.3.